The molecular weight excluding hydrogens is 353 g/mol. The summed E-state index contributed by atoms with van der Waals surface area (Å²) in [5.41, 5.74) is 6.73. The zero-order chi connectivity index (χ0) is 12.8. The molecule has 1 aromatic carbocycles. The van der Waals surface area contributed by atoms with Crippen LogP contribution in [-0.2, 0) is 0 Å². The molecule has 1 fully saturated rings. The summed E-state index contributed by atoms with van der Waals surface area (Å²) in [7, 11) is 1.65. The van der Waals surface area contributed by atoms with Crippen molar-refractivity contribution in [2.24, 2.45) is 16.6 Å². The molecule has 4 nitrogen and oxygen atoms in total. The van der Waals surface area contributed by atoms with Gasteiger partial charge in [-0.1, -0.05) is 18.9 Å². The highest BCUT2D eigenvalue weighted by atomic mass is 127. The van der Waals surface area contributed by atoms with E-state index in [0.29, 0.717) is 5.96 Å². The molecule has 3 N–H and O–H groups in total. The van der Waals surface area contributed by atoms with Crippen molar-refractivity contribution in [1.82, 2.24) is 0 Å². The van der Waals surface area contributed by atoms with Crippen LogP contribution in [0.4, 0.5) is 5.69 Å². The number of nitrogens with one attached hydrogen (secondary N) is 1. The van der Waals surface area contributed by atoms with E-state index in [0.717, 1.165) is 30.3 Å². The maximum absolute atomic E-state index is 5.83. The van der Waals surface area contributed by atoms with Crippen molar-refractivity contribution >= 4 is 35.6 Å². The fourth-order valence-electron chi connectivity index (χ4n) is 1.87. The van der Waals surface area contributed by atoms with E-state index in [1.165, 1.54) is 19.3 Å². The Hall–Kier alpha value is -0.980. The van der Waals surface area contributed by atoms with Crippen LogP contribution in [0.5, 0.6) is 5.75 Å². The number of nitrogens with zero attached hydrogens (tertiary/aromatic N) is 1. The van der Waals surface area contributed by atoms with Crippen LogP contribution >= 0.6 is 24.0 Å². The molecular formula is C14H22IN3O. The van der Waals surface area contributed by atoms with Gasteiger partial charge in [-0.05, 0) is 30.9 Å². The predicted octanol–water partition coefficient (Wildman–Crippen LogP) is 3.23. The molecule has 0 radical (unpaired) electrons. The van der Waals surface area contributed by atoms with Crippen LogP contribution in [0.1, 0.15) is 25.7 Å². The highest BCUT2D eigenvalue weighted by molar-refractivity contribution is 14.0. The summed E-state index contributed by atoms with van der Waals surface area (Å²) in [6.07, 6.45) is 5.23. The largest absolute Gasteiger partial charge is 0.497 e. The number of hydrogen-bond donors (Lipinski definition) is 2. The van der Waals surface area contributed by atoms with Crippen molar-refractivity contribution < 1.29 is 4.74 Å². The molecule has 0 amide bonds. The van der Waals surface area contributed by atoms with E-state index >= 15 is 0 Å². The Kier molecular flexibility index (Phi) is 6.97. The van der Waals surface area contributed by atoms with Gasteiger partial charge in [0, 0.05) is 18.3 Å². The highest BCUT2D eigenvalue weighted by Crippen LogP contribution is 2.33. The average Bonchev–Trinajstić information content (AvgIpc) is 3.19. The Balaban J connectivity index is 0.00000180. The number of aliphatic imine (C=N–C) groups is 1. The molecule has 1 saturated carbocycles. The van der Waals surface area contributed by atoms with Crippen LogP contribution in [-0.4, -0.2) is 19.6 Å². The van der Waals surface area contributed by atoms with Gasteiger partial charge in [0.25, 0.3) is 0 Å². The molecule has 0 aliphatic heterocycles. The van der Waals surface area contributed by atoms with Crippen LogP contribution in [0.15, 0.2) is 29.3 Å². The summed E-state index contributed by atoms with van der Waals surface area (Å²) in [5.74, 6) is 2.24. The standard InChI is InChI=1S/C14H21N3O.HI/c1-18-13-6-2-5-12(10-13)17-14(15)16-9-3-4-11-7-8-11;/h2,5-6,10-11H,3-4,7-9H2,1H3,(H3,15,16,17);1H. The van der Waals surface area contributed by atoms with Gasteiger partial charge in [0.2, 0.25) is 0 Å². The highest BCUT2D eigenvalue weighted by Gasteiger charge is 2.19. The van der Waals surface area contributed by atoms with Gasteiger partial charge in [0.05, 0.1) is 7.11 Å². The van der Waals surface area contributed by atoms with Crippen LogP contribution in [0, 0.1) is 5.92 Å². The van der Waals surface area contributed by atoms with Crippen LogP contribution in [0.25, 0.3) is 0 Å². The van der Waals surface area contributed by atoms with Crippen molar-refractivity contribution in [2.45, 2.75) is 25.7 Å². The van der Waals surface area contributed by atoms with Crippen LogP contribution in [0.2, 0.25) is 0 Å². The minimum atomic E-state index is 0. The van der Waals surface area contributed by atoms with Gasteiger partial charge in [-0.2, -0.15) is 0 Å². The van der Waals surface area contributed by atoms with E-state index in [2.05, 4.69) is 10.3 Å². The number of benzene rings is 1. The van der Waals surface area contributed by atoms with Crippen molar-refractivity contribution in [2.75, 3.05) is 19.0 Å². The molecule has 0 spiro atoms. The van der Waals surface area contributed by atoms with Gasteiger partial charge < -0.3 is 15.8 Å². The molecule has 0 aromatic heterocycles. The zero-order valence-corrected chi connectivity index (χ0v) is 13.6. The molecule has 2 rings (SSSR count). The van der Waals surface area contributed by atoms with Gasteiger partial charge >= 0.3 is 0 Å². The molecule has 1 aliphatic carbocycles. The fraction of sp³-hybridized carbons (Fsp3) is 0.500. The third-order valence-corrected chi connectivity index (χ3v) is 3.09. The van der Waals surface area contributed by atoms with Crippen LogP contribution < -0.4 is 15.8 Å². The molecule has 0 atom stereocenters. The first kappa shape index (κ1) is 16.1. The predicted molar refractivity (Wildman–Crippen MR) is 90.5 cm³/mol. The minimum Gasteiger partial charge on any atom is -0.497 e. The number of rotatable bonds is 6. The topological polar surface area (TPSA) is 59.6 Å². The maximum atomic E-state index is 5.83. The van der Waals surface area contributed by atoms with E-state index in [1.54, 1.807) is 7.11 Å². The molecule has 0 unspecified atom stereocenters. The summed E-state index contributed by atoms with van der Waals surface area (Å²) in [5, 5.41) is 3.07. The number of halogens is 1. The second kappa shape index (κ2) is 8.24. The molecule has 0 heterocycles. The first-order valence-electron chi connectivity index (χ1n) is 6.49. The lowest BCUT2D eigenvalue weighted by atomic mass is 10.2. The maximum Gasteiger partial charge on any atom is 0.193 e. The Bertz CT molecular complexity index is 419. The summed E-state index contributed by atoms with van der Waals surface area (Å²) in [6, 6.07) is 7.65. The molecule has 106 valence electrons. The van der Waals surface area contributed by atoms with Gasteiger partial charge in [0.1, 0.15) is 5.75 Å². The molecule has 1 aromatic rings. The van der Waals surface area contributed by atoms with Gasteiger partial charge in [-0.25, -0.2) is 0 Å². The SMILES string of the molecule is COc1cccc(NC(N)=NCCCC2CC2)c1.I. The molecule has 0 bridgehead atoms. The Morgan fingerprint density at radius 3 is 2.95 bits per heavy atom. The van der Waals surface area contributed by atoms with E-state index in [9.17, 15) is 0 Å². The lowest BCUT2D eigenvalue weighted by molar-refractivity contribution is 0.415. The fourth-order valence-corrected chi connectivity index (χ4v) is 1.87. The van der Waals surface area contributed by atoms with Gasteiger partial charge in [0.15, 0.2) is 5.96 Å². The summed E-state index contributed by atoms with van der Waals surface area (Å²) in [6.45, 7) is 0.805. The monoisotopic (exact) mass is 375 g/mol. The average molecular weight is 375 g/mol. The van der Waals surface area contributed by atoms with E-state index in [1.807, 2.05) is 24.3 Å². The zero-order valence-electron chi connectivity index (χ0n) is 11.3. The number of methoxy groups -OCH3 is 1. The molecule has 0 saturated heterocycles. The van der Waals surface area contributed by atoms with Crippen molar-refractivity contribution in [3.8, 4) is 5.75 Å². The Labute approximate surface area is 131 Å². The number of nitrogens with two attached hydrogens (primary N) is 1. The smallest absolute Gasteiger partial charge is 0.193 e. The van der Waals surface area contributed by atoms with E-state index in [-0.39, 0.29) is 24.0 Å². The minimum absolute atomic E-state index is 0. The van der Waals surface area contributed by atoms with Crippen LogP contribution in [0.3, 0.4) is 0 Å². The molecule has 19 heavy (non-hydrogen) atoms. The van der Waals surface area contributed by atoms with Crippen molar-refractivity contribution in [1.29, 1.82) is 0 Å². The second-order valence-electron chi connectivity index (χ2n) is 4.71. The van der Waals surface area contributed by atoms with E-state index < -0.39 is 0 Å². The van der Waals surface area contributed by atoms with Crippen molar-refractivity contribution in [3.63, 3.8) is 0 Å². The number of anilines is 1. The van der Waals surface area contributed by atoms with Gasteiger partial charge in [-0.3, -0.25) is 4.99 Å². The van der Waals surface area contributed by atoms with Crippen molar-refractivity contribution in [3.05, 3.63) is 24.3 Å². The van der Waals surface area contributed by atoms with E-state index in [4.69, 9.17) is 10.5 Å². The first-order valence-corrected chi connectivity index (χ1v) is 6.49. The Morgan fingerprint density at radius 2 is 2.26 bits per heavy atom. The first-order chi connectivity index (χ1) is 8.78. The lowest BCUT2D eigenvalue weighted by Crippen LogP contribution is -2.22. The normalized spacial score (nSPS) is 14.7. The number of ether oxygens (including phenoxy) is 1. The third-order valence-electron chi connectivity index (χ3n) is 3.09. The Morgan fingerprint density at radius 1 is 1.47 bits per heavy atom. The summed E-state index contributed by atoms with van der Waals surface area (Å²) in [4.78, 5) is 4.32. The third kappa shape index (κ3) is 6.13. The summed E-state index contributed by atoms with van der Waals surface area (Å²) >= 11 is 0. The second-order valence-corrected chi connectivity index (χ2v) is 4.71. The molecule has 5 heteroatoms. The molecule has 1 aliphatic rings. The number of guanidine groups is 1. The van der Waals surface area contributed by atoms with Gasteiger partial charge in [-0.15, -0.1) is 24.0 Å². The summed E-state index contributed by atoms with van der Waals surface area (Å²) < 4.78 is 5.15. The number of hydrogen-bond acceptors (Lipinski definition) is 2. The lowest BCUT2D eigenvalue weighted by Gasteiger charge is -2.07. The quantitative estimate of drug-likeness (QED) is 0.347.